The molecule has 0 saturated carbocycles. The molecule has 0 aliphatic rings. The van der Waals surface area contributed by atoms with E-state index < -0.39 is 0 Å². The Kier molecular flexibility index (Phi) is 6.29. The quantitative estimate of drug-likeness (QED) is 0.455. The number of rotatable bonds is 6. The Morgan fingerprint density at radius 3 is 2.74 bits per heavy atom. The molecule has 0 amide bonds. The number of hydrogen-bond donors (Lipinski definition) is 0. The number of methoxy groups -OCH3 is 1. The maximum atomic E-state index is 11.9. The van der Waals surface area contributed by atoms with Gasteiger partial charge in [0.05, 0.1) is 13.7 Å². The monoisotopic (exact) mass is 281 g/mol. The maximum absolute atomic E-state index is 11.9. The Morgan fingerprint density at radius 2 is 2.16 bits per heavy atom. The fraction of sp³-hybridized carbons (Fsp3) is 0.357. The molecule has 0 aromatic heterocycles. The van der Waals surface area contributed by atoms with Crippen molar-refractivity contribution in [1.82, 2.24) is 4.90 Å². The minimum atomic E-state index is -0.316. The zero-order chi connectivity index (χ0) is 14.3. The third-order valence-corrected chi connectivity index (χ3v) is 3.10. The lowest BCUT2D eigenvalue weighted by Gasteiger charge is -2.11. The Balaban J connectivity index is 2.90. The van der Waals surface area contributed by atoms with Gasteiger partial charge in [0.25, 0.3) is 0 Å². The largest absolute Gasteiger partial charge is 0.497 e. The molecule has 0 N–H and O–H groups in total. The van der Waals surface area contributed by atoms with Crippen molar-refractivity contribution in [3.05, 3.63) is 35.4 Å². The molecule has 0 fully saturated rings. The second-order valence-electron chi connectivity index (χ2n) is 3.96. The number of nitrogens with zero attached hydrogens (tertiary/aromatic N) is 1. The number of carbonyl (C=O) groups excluding carboxylic acids is 1. The van der Waals surface area contributed by atoms with E-state index in [4.69, 9.17) is 9.47 Å². The standard InChI is InChI=1S/C14H19NO3S/c1-5-18-14(16)13(10-15(2)3)19-12-8-6-7-11(9-12)17-4/h6-10H,5H2,1-4H3/b13-10-. The SMILES string of the molecule is CCOC(=O)/C(=C/N(C)C)Sc1cccc(OC)c1. The van der Waals surface area contributed by atoms with Gasteiger partial charge in [0.2, 0.25) is 0 Å². The lowest BCUT2D eigenvalue weighted by Crippen LogP contribution is -2.10. The van der Waals surface area contributed by atoms with Gasteiger partial charge in [-0.25, -0.2) is 4.79 Å². The summed E-state index contributed by atoms with van der Waals surface area (Å²) >= 11 is 1.36. The summed E-state index contributed by atoms with van der Waals surface area (Å²) in [4.78, 5) is 15.2. The summed E-state index contributed by atoms with van der Waals surface area (Å²) in [5, 5.41) is 0. The predicted molar refractivity (Wildman–Crippen MR) is 77.3 cm³/mol. The van der Waals surface area contributed by atoms with E-state index in [1.807, 2.05) is 43.3 Å². The van der Waals surface area contributed by atoms with E-state index in [1.165, 1.54) is 11.8 Å². The van der Waals surface area contributed by atoms with Crippen LogP contribution in [0.15, 0.2) is 40.3 Å². The average molecular weight is 281 g/mol. The summed E-state index contributed by atoms with van der Waals surface area (Å²) in [7, 11) is 5.35. The fourth-order valence-electron chi connectivity index (χ4n) is 1.35. The van der Waals surface area contributed by atoms with Crippen molar-refractivity contribution in [1.29, 1.82) is 0 Å². The van der Waals surface area contributed by atoms with Gasteiger partial charge in [-0.1, -0.05) is 17.8 Å². The molecule has 0 heterocycles. The van der Waals surface area contributed by atoms with E-state index in [2.05, 4.69) is 0 Å². The first-order chi connectivity index (χ1) is 9.06. The Bertz CT molecular complexity index is 458. The number of ether oxygens (including phenoxy) is 2. The third kappa shape index (κ3) is 5.26. The van der Waals surface area contributed by atoms with Crippen molar-refractivity contribution in [2.45, 2.75) is 11.8 Å². The smallest absolute Gasteiger partial charge is 0.346 e. The highest BCUT2D eigenvalue weighted by atomic mass is 32.2. The van der Waals surface area contributed by atoms with Gasteiger partial charge >= 0.3 is 5.97 Å². The Morgan fingerprint density at radius 1 is 1.42 bits per heavy atom. The summed E-state index contributed by atoms with van der Waals surface area (Å²) < 4.78 is 10.2. The van der Waals surface area contributed by atoms with Crippen LogP contribution in [-0.2, 0) is 9.53 Å². The number of esters is 1. The van der Waals surface area contributed by atoms with Crippen molar-refractivity contribution in [2.75, 3.05) is 27.8 Å². The molecule has 1 rings (SSSR count). The molecule has 0 aliphatic carbocycles. The summed E-state index contributed by atoms with van der Waals surface area (Å²) in [6.45, 7) is 2.16. The summed E-state index contributed by atoms with van der Waals surface area (Å²) in [6, 6.07) is 7.56. The lowest BCUT2D eigenvalue weighted by molar-refractivity contribution is -0.137. The van der Waals surface area contributed by atoms with E-state index in [9.17, 15) is 4.79 Å². The van der Waals surface area contributed by atoms with Crippen molar-refractivity contribution in [3.63, 3.8) is 0 Å². The van der Waals surface area contributed by atoms with Crippen LogP contribution in [0.25, 0.3) is 0 Å². The molecule has 0 spiro atoms. The van der Waals surface area contributed by atoms with Gasteiger partial charge in [-0.2, -0.15) is 0 Å². The second-order valence-corrected chi connectivity index (χ2v) is 5.07. The van der Waals surface area contributed by atoms with Crippen LogP contribution >= 0.6 is 11.8 Å². The molecular weight excluding hydrogens is 262 g/mol. The number of benzene rings is 1. The van der Waals surface area contributed by atoms with Gasteiger partial charge in [0.1, 0.15) is 10.7 Å². The van der Waals surface area contributed by atoms with Gasteiger partial charge in [-0.15, -0.1) is 0 Å². The first-order valence-corrected chi connectivity index (χ1v) is 6.75. The highest BCUT2D eigenvalue weighted by molar-refractivity contribution is 8.04. The van der Waals surface area contributed by atoms with Crippen LogP contribution in [0.1, 0.15) is 6.92 Å². The van der Waals surface area contributed by atoms with Crippen molar-refractivity contribution >= 4 is 17.7 Å². The van der Waals surface area contributed by atoms with Crippen LogP contribution in [0, 0.1) is 0 Å². The van der Waals surface area contributed by atoms with Crippen LogP contribution in [-0.4, -0.2) is 38.7 Å². The zero-order valence-corrected chi connectivity index (χ0v) is 12.5. The fourth-order valence-corrected chi connectivity index (χ4v) is 2.33. The first-order valence-electron chi connectivity index (χ1n) is 5.94. The average Bonchev–Trinajstić information content (AvgIpc) is 2.38. The summed E-state index contributed by atoms with van der Waals surface area (Å²) in [5.41, 5.74) is 0. The predicted octanol–water partition coefficient (Wildman–Crippen LogP) is 2.75. The van der Waals surface area contributed by atoms with Gasteiger partial charge in [0.15, 0.2) is 0 Å². The molecule has 19 heavy (non-hydrogen) atoms. The van der Waals surface area contributed by atoms with Gasteiger partial charge in [0, 0.05) is 25.2 Å². The molecule has 104 valence electrons. The minimum absolute atomic E-state index is 0.316. The van der Waals surface area contributed by atoms with Crippen molar-refractivity contribution < 1.29 is 14.3 Å². The lowest BCUT2D eigenvalue weighted by atomic mass is 10.3. The second kappa shape index (κ2) is 7.74. The van der Waals surface area contributed by atoms with E-state index in [1.54, 1.807) is 20.2 Å². The highest BCUT2D eigenvalue weighted by Gasteiger charge is 2.13. The Hall–Kier alpha value is -1.62. The highest BCUT2D eigenvalue weighted by Crippen LogP contribution is 2.30. The first kappa shape index (κ1) is 15.4. The molecule has 1 aromatic carbocycles. The van der Waals surface area contributed by atoms with Crippen LogP contribution in [0.4, 0.5) is 0 Å². The van der Waals surface area contributed by atoms with Gasteiger partial charge < -0.3 is 14.4 Å². The molecule has 0 atom stereocenters. The summed E-state index contributed by atoms with van der Waals surface area (Å²) in [6.07, 6.45) is 1.75. The Labute approximate surface area is 118 Å². The third-order valence-electron chi connectivity index (χ3n) is 2.12. The van der Waals surface area contributed by atoms with Crippen LogP contribution < -0.4 is 4.74 Å². The molecule has 0 radical (unpaired) electrons. The molecule has 1 aromatic rings. The van der Waals surface area contributed by atoms with Crippen molar-refractivity contribution in [2.24, 2.45) is 0 Å². The van der Waals surface area contributed by atoms with Crippen LogP contribution in [0.3, 0.4) is 0 Å². The zero-order valence-electron chi connectivity index (χ0n) is 11.7. The van der Waals surface area contributed by atoms with Crippen molar-refractivity contribution in [3.8, 4) is 5.75 Å². The van der Waals surface area contributed by atoms with E-state index in [-0.39, 0.29) is 5.97 Å². The number of carbonyl (C=O) groups is 1. The molecule has 0 aliphatic heterocycles. The molecule has 0 saturated heterocycles. The molecular formula is C14H19NO3S. The van der Waals surface area contributed by atoms with Crippen LogP contribution in [0.2, 0.25) is 0 Å². The summed E-state index contributed by atoms with van der Waals surface area (Å²) in [5.74, 6) is 0.446. The van der Waals surface area contributed by atoms with Gasteiger partial charge in [-0.05, 0) is 25.1 Å². The van der Waals surface area contributed by atoms with E-state index in [0.29, 0.717) is 11.5 Å². The molecule has 5 heteroatoms. The number of hydrogen-bond acceptors (Lipinski definition) is 5. The molecule has 0 unspecified atom stereocenters. The topological polar surface area (TPSA) is 38.8 Å². The van der Waals surface area contributed by atoms with E-state index >= 15 is 0 Å². The normalized spacial score (nSPS) is 11.1. The van der Waals surface area contributed by atoms with E-state index in [0.717, 1.165) is 10.6 Å². The maximum Gasteiger partial charge on any atom is 0.346 e. The van der Waals surface area contributed by atoms with Crippen LogP contribution in [0.5, 0.6) is 5.75 Å². The number of thioether (sulfide) groups is 1. The minimum Gasteiger partial charge on any atom is -0.497 e. The molecule has 0 bridgehead atoms. The molecule has 4 nitrogen and oxygen atoms in total. The van der Waals surface area contributed by atoms with Gasteiger partial charge in [-0.3, -0.25) is 0 Å².